The molecule has 1 fully saturated rings. The van der Waals surface area contributed by atoms with Crippen LogP contribution in [0.5, 0.6) is 11.5 Å². The second-order valence-corrected chi connectivity index (χ2v) is 8.15. The van der Waals surface area contributed by atoms with Crippen molar-refractivity contribution in [3.8, 4) is 11.5 Å². The van der Waals surface area contributed by atoms with Crippen LogP contribution in [0.1, 0.15) is 57.2 Å². The first-order valence-corrected chi connectivity index (χ1v) is 9.63. The van der Waals surface area contributed by atoms with Crippen LogP contribution in [0.3, 0.4) is 0 Å². The summed E-state index contributed by atoms with van der Waals surface area (Å²) in [5, 5.41) is 11.4. The number of rotatable bonds is 5. The van der Waals surface area contributed by atoms with Crippen molar-refractivity contribution in [2.24, 2.45) is 11.8 Å². The third kappa shape index (κ3) is 3.39. The molecule has 3 atom stereocenters. The number of methoxy groups -OCH3 is 2. The fourth-order valence-corrected chi connectivity index (χ4v) is 4.79. The molecule has 1 saturated heterocycles. The first-order valence-electron chi connectivity index (χ1n) is 9.63. The minimum Gasteiger partial charge on any atom is -0.493 e. The molecule has 0 aliphatic carbocycles. The average molecular weight is 347 g/mol. The Balaban J connectivity index is 1.95. The molecule has 4 nitrogen and oxygen atoms in total. The fraction of sp³-hybridized carbons (Fsp3) is 0.714. The van der Waals surface area contributed by atoms with Gasteiger partial charge in [-0.1, -0.05) is 20.8 Å². The standard InChI is InChI=1S/C21H33NO3/c1-6-21(23)12-18-17-11-20(25-5)19(24-4)10-15(17)7-8-22(18)13-16(21)9-14(2)3/h10-11,14,16,18,23H,6-9,12-13H2,1-5H3. The molecule has 4 heteroatoms. The first kappa shape index (κ1) is 18.5. The smallest absolute Gasteiger partial charge is 0.161 e. The van der Waals surface area contributed by atoms with Gasteiger partial charge in [-0.3, -0.25) is 4.90 Å². The number of benzene rings is 1. The lowest BCUT2D eigenvalue weighted by Crippen LogP contribution is -2.54. The number of aliphatic hydroxyl groups is 1. The van der Waals surface area contributed by atoms with Gasteiger partial charge >= 0.3 is 0 Å². The monoisotopic (exact) mass is 347 g/mol. The van der Waals surface area contributed by atoms with Crippen LogP contribution in [-0.2, 0) is 6.42 Å². The summed E-state index contributed by atoms with van der Waals surface area (Å²) in [4.78, 5) is 2.57. The molecule has 0 amide bonds. The number of piperidine rings is 1. The van der Waals surface area contributed by atoms with Crippen molar-refractivity contribution in [2.75, 3.05) is 27.3 Å². The van der Waals surface area contributed by atoms with E-state index in [0.29, 0.717) is 11.8 Å². The van der Waals surface area contributed by atoms with Crippen LogP contribution in [0.4, 0.5) is 0 Å². The van der Waals surface area contributed by atoms with E-state index in [1.165, 1.54) is 11.1 Å². The summed E-state index contributed by atoms with van der Waals surface area (Å²) >= 11 is 0. The molecule has 0 spiro atoms. The molecular formula is C21H33NO3. The zero-order valence-electron chi connectivity index (χ0n) is 16.3. The molecule has 0 bridgehead atoms. The SMILES string of the molecule is CCC1(O)CC2c3cc(OC)c(OC)cc3CCN2CC1CC(C)C. The normalized spacial score (nSPS) is 29.2. The number of hydrogen-bond acceptors (Lipinski definition) is 4. The highest BCUT2D eigenvalue weighted by atomic mass is 16.5. The number of hydrogen-bond donors (Lipinski definition) is 1. The van der Waals surface area contributed by atoms with Gasteiger partial charge in [0.25, 0.3) is 0 Å². The lowest BCUT2D eigenvalue weighted by molar-refractivity contribution is -0.105. The summed E-state index contributed by atoms with van der Waals surface area (Å²) in [5.74, 6) is 2.55. The average Bonchev–Trinajstić information content (AvgIpc) is 2.60. The lowest BCUT2D eigenvalue weighted by Gasteiger charge is -2.51. The van der Waals surface area contributed by atoms with Crippen LogP contribution in [0.2, 0.25) is 0 Å². The minimum atomic E-state index is -0.576. The molecule has 140 valence electrons. The van der Waals surface area contributed by atoms with E-state index >= 15 is 0 Å². The molecule has 0 aromatic heterocycles. The maximum atomic E-state index is 11.4. The van der Waals surface area contributed by atoms with Crippen LogP contribution < -0.4 is 9.47 Å². The summed E-state index contributed by atoms with van der Waals surface area (Å²) in [5.41, 5.74) is 2.06. The highest BCUT2D eigenvalue weighted by molar-refractivity contribution is 5.49. The van der Waals surface area contributed by atoms with E-state index in [9.17, 15) is 5.11 Å². The van der Waals surface area contributed by atoms with Crippen molar-refractivity contribution in [3.63, 3.8) is 0 Å². The van der Waals surface area contributed by atoms with Gasteiger partial charge in [-0.15, -0.1) is 0 Å². The zero-order chi connectivity index (χ0) is 18.2. The predicted molar refractivity (Wildman–Crippen MR) is 100 cm³/mol. The van der Waals surface area contributed by atoms with Crippen LogP contribution >= 0.6 is 0 Å². The van der Waals surface area contributed by atoms with Gasteiger partial charge in [-0.2, -0.15) is 0 Å². The Bertz CT molecular complexity index is 615. The third-order valence-electron chi connectivity index (χ3n) is 6.24. The first-order chi connectivity index (χ1) is 11.9. The van der Waals surface area contributed by atoms with Gasteiger partial charge in [-0.05, 0) is 54.9 Å². The maximum absolute atomic E-state index is 11.4. The molecule has 2 aliphatic heterocycles. The van der Waals surface area contributed by atoms with Crippen molar-refractivity contribution in [1.29, 1.82) is 0 Å². The third-order valence-corrected chi connectivity index (χ3v) is 6.24. The molecule has 2 heterocycles. The topological polar surface area (TPSA) is 41.9 Å². The maximum Gasteiger partial charge on any atom is 0.161 e. The van der Waals surface area contributed by atoms with E-state index < -0.39 is 5.60 Å². The molecule has 0 saturated carbocycles. The summed E-state index contributed by atoms with van der Waals surface area (Å²) in [6.45, 7) is 8.68. The van der Waals surface area contributed by atoms with E-state index in [-0.39, 0.29) is 6.04 Å². The van der Waals surface area contributed by atoms with Crippen molar-refractivity contribution in [1.82, 2.24) is 4.90 Å². The highest BCUT2D eigenvalue weighted by Gasteiger charge is 2.46. The molecule has 0 radical (unpaired) electrons. The molecule has 1 N–H and O–H groups in total. The Hall–Kier alpha value is -1.26. The summed E-state index contributed by atoms with van der Waals surface area (Å²) in [6, 6.07) is 4.53. The Morgan fingerprint density at radius 2 is 1.92 bits per heavy atom. The van der Waals surface area contributed by atoms with Crippen molar-refractivity contribution >= 4 is 0 Å². The highest BCUT2D eigenvalue weighted by Crippen LogP contribution is 2.47. The van der Waals surface area contributed by atoms with E-state index in [4.69, 9.17) is 9.47 Å². The Morgan fingerprint density at radius 1 is 1.24 bits per heavy atom. The minimum absolute atomic E-state index is 0.275. The van der Waals surface area contributed by atoms with Gasteiger partial charge in [0.2, 0.25) is 0 Å². The summed E-state index contributed by atoms with van der Waals surface area (Å²) in [7, 11) is 3.37. The molecule has 25 heavy (non-hydrogen) atoms. The van der Waals surface area contributed by atoms with Gasteiger partial charge in [0.1, 0.15) is 0 Å². The summed E-state index contributed by atoms with van der Waals surface area (Å²) < 4.78 is 11.0. The summed E-state index contributed by atoms with van der Waals surface area (Å²) in [6.07, 6.45) is 3.75. The van der Waals surface area contributed by atoms with E-state index in [1.807, 2.05) is 0 Å². The van der Waals surface area contributed by atoms with Crippen LogP contribution in [0, 0.1) is 11.8 Å². The van der Waals surface area contributed by atoms with Gasteiger partial charge < -0.3 is 14.6 Å². The second-order valence-electron chi connectivity index (χ2n) is 8.15. The molecule has 2 aliphatic rings. The van der Waals surface area contributed by atoms with Crippen LogP contribution in [0.15, 0.2) is 12.1 Å². The van der Waals surface area contributed by atoms with Gasteiger partial charge in [0.15, 0.2) is 11.5 Å². The number of ether oxygens (including phenoxy) is 2. The number of fused-ring (bicyclic) bond motifs is 3. The molecule has 1 aromatic rings. The van der Waals surface area contributed by atoms with Crippen LogP contribution in [-0.4, -0.2) is 42.9 Å². The number of nitrogens with zero attached hydrogens (tertiary/aromatic N) is 1. The quantitative estimate of drug-likeness (QED) is 0.879. The largest absolute Gasteiger partial charge is 0.493 e. The van der Waals surface area contributed by atoms with Crippen molar-refractivity contribution in [2.45, 2.75) is 58.1 Å². The van der Waals surface area contributed by atoms with E-state index in [0.717, 1.165) is 50.3 Å². The zero-order valence-corrected chi connectivity index (χ0v) is 16.3. The molecule has 3 rings (SSSR count). The van der Waals surface area contributed by atoms with Crippen LogP contribution in [0.25, 0.3) is 0 Å². The van der Waals surface area contributed by atoms with E-state index in [2.05, 4.69) is 37.8 Å². The fourth-order valence-electron chi connectivity index (χ4n) is 4.79. The van der Waals surface area contributed by atoms with Gasteiger partial charge in [0, 0.05) is 25.0 Å². The molecule has 3 unspecified atom stereocenters. The van der Waals surface area contributed by atoms with Crippen molar-refractivity contribution in [3.05, 3.63) is 23.3 Å². The van der Waals surface area contributed by atoms with E-state index in [1.54, 1.807) is 14.2 Å². The predicted octanol–water partition coefficient (Wildman–Crippen LogP) is 3.81. The Morgan fingerprint density at radius 3 is 2.52 bits per heavy atom. The second kappa shape index (κ2) is 7.16. The van der Waals surface area contributed by atoms with Gasteiger partial charge in [0.05, 0.1) is 19.8 Å². The van der Waals surface area contributed by atoms with Crippen molar-refractivity contribution < 1.29 is 14.6 Å². The lowest BCUT2D eigenvalue weighted by atomic mass is 9.70. The Labute approximate surface area is 152 Å². The van der Waals surface area contributed by atoms with Gasteiger partial charge in [-0.25, -0.2) is 0 Å². The molecule has 1 aromatic carbocycles. The Kier molecular flexibility index (Phi) is 5.31. The molecular weight excluding hydrogens is 314 g/mol.